The standard InChI is InChI=1S/C13H28N2/c1-6-8-9-15(13(4)7-2)11-12(3)10-14-5/h13-14H,3,6-11H2,1-2,4-5H3. The number of rotatable bonds is 9. The van der Waals surface area contributed by atoms with E-state index in [2.05, 4.69) is 37.6 Å². The van der Waals surface area contributed by atoms with E-state index < -0.39 is 0 Å². The summed E-state index contributed by atoms with van der Waals surface area (Å²) in [4.78, 5) is 2.54. The van der Waals surface area contributed by atoms with Gasteiger partial charge in [-0.25, -0.2) is 0 Å². The average Bonchev–Trinajstić information content (AvgIpc) is 2.23. The lowest BCUT2D eigenvalue weighted by molar-refractivity contribution is 0.217. The van der Waals surface area contributed by atoms with E-state index in [9.17, 15) is 0 Å². The maximum atomic E-state index is 4.10. The van der Waals surface area contributed by atoms with Crippen molar-refractivity contribution in [2.75, 3.05) is 26.7 Å². The topological polar surface area (TPSA) is 15.3 Å². The number of hydrogen-bond acceptors (Lipinski definition) is 2. The molecule has 0 saturated heterocycles. The van der Waals surface area contributed by atoms with Gasteiger partial charge >= 0.3 is 0 Å². The molecular formula is C13H28N2. The molecule has 0 fully saturated rings. The number of likely N-dealkylation sites (N-methyl/N-ethyl adjacent to an activating group) is 1. The number of unbranched alkanes of at least 4 members (excludes halogenated alkanes) is 1. The van der Waals surface area contributed by atoms with E-state index in [1.807, 2.05) is 7.05 Å². The zero-order valence-electron chi connectivity index (χ0n) is 11.0. The van der Waals surface area contributed by atoms with E-state index in [1.165, 1.54) is 31.4 Å². The Bertz CT molecular complexity index is 166. The van der Waals surface area contributed by atoms with Crippen molar-refractivity contribution in [3.63, 3.8) is 0 Å². The first kappa shape index (κ1) is 14.7. The maximum absolute atomic E-state index is 4.10. The number of nitrogens with one attached hydrogen (secondary N) is 1. The van der Waals surface area contributed by atoms with Crippen LogP contribution < -0.4 is 5.32 Å². The maximum Gasteiger partial charge on any atom is 0.0205 e. The molecule has 0 radical (unpaired) electrons. The van der Waals surface area contributed by atoms with Gasteiger partial charge < -0.3 is 5.32 Å². The second kappa shape index (κ2) is 8.93. The van der Waals surface area contributed by atoms with Gasteiger partial charge in [0.2, 0.25) is 0 Å². The van der Waals surface area contributed by atoms with Crippen LogP contribution in [0.3, 0.4) is 0 Å². The summed E-state index contributed by atoms with van der Waals surface area (Å²) in [5, 5.41) is 3.16. The highest BCUT2D eigenvalue weighted by Gasteiger charge is 2.11. The Kier molecular flexibility index (Phi) is 8.73. The van der Waals surface area contributed by atoms with Crippen LogP contribution in [0.15, 0.2) is 12.2 Å². The van der Waals surface area contributed by atoms with Gasteiger partial charge in [-0.1, -0.05) is 26.8 Å². The molecule has 0 saturated carbocycles. The molecule has 2 heteroatoms. The summed E-state index contributed by atoms with van der Waals surface area (Å²) in [6.45, 7) is 14.1. The van der Waals surface area contributed by atoms with Gasteiger partial charge in [-0.15, -0.1) is 0 Å². The number of hydrogen-bond donors (Lipinski definition) is 1. The molecule has 0 aliphatic heterocycles. The molecule has 2 nitrogen and oxygen atoms in total. The summed E-state index contributed by atoms with van der Waals surface area (Å²) in [6.07, 6.45) is 3.78. The van der Waals surface area contributed by atoms with Crippen LogP contribution in [0.1, 0.15) is 40.0 Å². The molecule has 0 aromatic carbocycles. The van der Waals surface area contributed by atoms with E-state index in [4.69, 9.17) is 0 Å². The van der Waals surface area contributed by atoms with Gasteiger partial charge in [0.05, 0.1) is 0 Å². The third-order valence-corrected chi connectivity index (χ3v) is 2.87. The van der Waals surface area contributed by atoms with Crippen molar-refractivity contribution in [1.29, 1.82) is 0 Å². The minimum Gasteiger partial charge on any atom is -0.316 e. The molecule has 0 spiro atoms. The van der Waals surface area contributed by atoms with Gasteiger partial charge in [0, 0.05) is 19.1 Å². The van der Waals surface area contributed by atoms with Crippen LogP contribution in [0.5, 0.6) is 0 Å². The van der Waals surface area contributed by atoms with Crippen LogP contribution in [-0.2, 0) is 0 Å². The highest BCUT2D eigenvalue weighted by atomic mass is 15.1. The van der Waals surface area contributed by atoms with E-state index >= 15 is 0 Å². The SMILES string of the molecule is C=C(CNC)CN(CCCC)C(C)CC. The Balaban J connectivity index is 4.04. The van der Waals surface area contributed by atoms with Gasteiger partial charge in [0.25, 0.3) is 0 Å². The van der Waals surface area contributed by atoms with Crippen molar-refractivity contribution in [2.24, 2.45) is 0 Å². The lowest BCUT2D eigenvalue weighted by atomic mass is 10.1. The van der Waals surface area contributed by atoms with Crippen molar-refractivity contribution in [1.82, 2.24) is 10.2 Å². The van der Waals surface area contributed by atoms with Crippen molar-refractivity contribution in [3.8, 4) is 0 Å². The second-order valence-corrected chi connectivity index (χ2v) is 4.36. The van der Waals surface area contributed by atoms with Crippen LogP contribution in [0.25, 0.3) is 0 Å². The van der Waals surface area contributed by atoms with Crippen LogP contribution in [0, 0.1) is 0 Å². The Morgan fingerprint density at radius 2 is 2.07 bits per heavy atom. The minimum atomic E-state index is 0.671. The van der Waals surface area contributed by atoms with Crippen LogP contribution in [0.4, 0.5) is 0 Å². The third kappa shape index (κ3) is 6.69. The first-order chi connectivity index (χ1) is 7.15. The predicted octanol–water partition coefficient (Wildman–Crippen LogP) is 2.66. The fourth-order valence-electron chi connectivity index (χ4n) is 1.67. The fraction of sp³-hybridized carbons (Fsp3) is 0.846. The monoisotopic (exact) mass is 212 g/mol. The second-order valence-electron chi connectivity index (χ2n) is 4.36. The summed E-state index contributed by atoms with van der Waals surface area (Å²) in [6, 6.07) is 0.671. The highest BCUT2D eigenvalue weighted by Crippen LogP contribution is 2.08. The van der Waals surface area contributed by atoms with E-state index in [0.29, 0.717) is 6.04 Å². The fourth-order valence-corrected chi connectivity index (χ4v) is 1.67. The average molecular weight is 212 g/mol. The van der Waals surface area contributed by atoms with E-state index in [-0.39, 0.29) is 0 Å². The summed E-state index contributed by atoms with van der Waals surface area (Å²) in [7, 11) is 1.98. The van der Waals surface area contributed by atoms with E-state index in [1.54, 1.807) is 0 Å². The van der Waals surface area contributed by atoms with Gasteiger partial charge in [-0.05, 0) is 38.9 Å². The number of nitrogens with zero attached hydrogens (tertiary/aromatic N) is 1. The molecule has 15 heavy (non-hydrogen) atoms. The molecule has 1 unspecified atom stereocenters. The van der Waals surface area contributed by atoms with Crippen LogP contribution in [0.2, 0.25) is 0 Å². The first-order valence-corrected chi connectivity index (χ1v) is 6.20. The van der Waals surface area contributed by atoms with Crippen LogP contribution >= 0.6 is 0 Å². The predicted molar refractivity (Wildman–Crippen MR) is 69.3 cm³/mol. The van der Waals surface area contributed by atoms with Crippen LogP contribution in [-0.4, -0.2) is 37.6 Å². The zero-order chi connectivity index (χ0) is 11.7. The molecule has 0 aromatic rings. The molecule has 0 bridgehead atoms. The minimum absolute atomic E-state index is 0.671. The Morgan fingerprint density at radius 3 is 2.53 bits per heavy atom. The molecule has 0 aliphatic rings. The normalized spacial score (nSPS) is 13.1. The van der Waals surface area contributed by atoms with Gasteiger partial charge in [0.15, 0.2) is 0 Å². The van der Waals surface area contributed by atoms with Crippen molar-refractivity contribution in [2.45, 2.75) is 46.1 Å². The quantitative estimate of drug-likeness (QED) is 0.591. The molecule has 0 aromatic heterocycles. The third-order valence-electron chi connectivity index (χ3n) is 2.87. The lowest BCUT2D eigenvalue weighted by Gasteiger charge is -2.29. The molecule has 0 amide bonds. The summed E-state index contributed by atoms with van der Waals surface area (Å²) in [5.74, 6) is 0. The molecular weight excluding hydrogens is 184 g/mol. The van der Waals surface area contributed by atoms with E-state index in [0.717, 1.165) is 13.1 Å². The molecule has 90 valence electrons. The Hall–Kier alpha value is -0.340. The van der Waals surface area contributed by atoms with Gasteiger partial charge in [0.1, 0.15) is 0 Å². The lowest BCUT2D eigenvalue weighted by Crippen LogP contribution is -2.36. The molecule has 0 aliphatic carbocycles. The highest BCUT2D eigenvalue weighted by molar-refractivity contribution is 5.00. The summed E-state index contributed by atoms with van der Waals surface area (Å²) >= 11 is 0. The van der Waals surface area contributed by atoms with Gasteiger partial charge in [-0.2, -0.15) is 0 Å². The zero-order valence-corrected chi connectivity index (χ0v) is 11.0. The largest absolute Gasteiger partial charge is 0.316 e. The smallest absolute Gasteiger partial charge is 0.0205 e. The van der Waals surface area contributed by atoms with Crippen molar-refractivity contribution in [3.05, 3.63) is 12.2 Å². The molecule has 0 rings (SSSR count). The first-order valence-electron chi connectivity index (χ1n) is 6.20. The molecule has 1 N–H and O–H groups in total. The van der Waals surface area contributed by atoms with Crippen molar-refractivity contribution < 1.29 is 0 Å². The molecule has 0 heterocycles. The Labute approximate surface area is 95.7 Å². The summed E-state index contributed by atoms with van der Waals surface area (Å²) < 4.78 is 0. The molecule has 1 atom stereocenters. The van der Waals surface area contributed by atoms with Gasteiger partial charge in [-0.3, -0.25) is 4.90 Å². The Morgan fingerprint density at radius 1 is 1.40 bits per heavy atom. The summed E-state index contributed by atoms with van der Waals surface area (Å²) in [5.41, 5.74) is 1.29. The van der Waals surface area contributed by atoms with Crippen molar-refractivity contribution >= 4 is 0 Å².